The first-order valence-electron chi connectivity index (χ1n) is 10.9. The molecule has 2 aromatic rings. The van der Waals surface area contributed by atoms with Crippen molar-refractivity contribution >= 4 is 17.5 Å². The number of nitrogens with one attached hydrogen (secondary N) is 1. The van der Waals surface area contributed by atoms with Crippen LogP contribution in [0.25, 0.3) is 0 Å². The van der Waals surface area contributed by atoms with Gasteiger partial charge in [0, 0.05) is 59.1 Å². The van der Waals surface area contributed by atoms with Gasteiger partial charge in [-0.3, -0.25) is 4.99 Å². The van der Waals surface area contributed by atoms with Gasteiger partial charge in [0.1, 0.15) is 11.6 Å². The summed E-state index contributed by atoms with van der Waals surface area (Å²) in [7, 11) is 1.82. The Labute approximate surface area is 178 Å². The van der Waals surface area contributed by atoms with Crippen LogP contribution in [-0.2, 0) is 6.54 Å². The molecule has 6 nitrogen and oxygen atoms in total. The van der Waals surface area contributed by atoms with Crippen LogP contribution in [0.5, 0.6) is 0 Å². The van der Waals surface area contributed by atoms with E-state index in [2.05, 4.69) is 42.1 Å². The summed E-state index contributed by atoms with van der Waals surface area (Å²) in [5.41, 5.74) is 1.89. The maximum absolute atomic E-state index is 14.1. The predicted octanol–water partition coefficient (Wildman–Crippen LogP) is 3.11. The summed E-state index contributed by atoms with van der Waals surface area (Å²) in [5.74, 6) is 1.80. The van der Waals surface area contributed by atoms with Crippen molar-refractivity contribution in [3.05, 3.63) is 54.0 Å². The third kappa shape index (κ3) is 4.83. The summed E-state index contributed by atoms with van der Waals surface area (Å²) >= 11 is 0. The van der Waals surface area contributed by atoms with Crippen LogP contribution in [0.15, 0.2) is 47.6 Å². The number of aliphatic imine (C=N–C) groups is 1. The maximum Gasteiger partial charge on any atom is 0.194 e. The van der Waals surface area contributed by atoms with E-state index in [1.807, 2.05) is 25.4 Å². The van der Waals surface area contributed by atoms with E-state index in [9.17, 15) is 4.39 Å². The number of pyridine rings is 1. The number of benzene rings is 1. The van der Waals surface area contributed by atoms with E-state index in [0.29, 0.717) is 12.2 Å². The van der Waals surface area contributed by atoms with Gasteiger partial charge in [-0.2, -0.15) is 0 Å². The first-order chi connectivity index (χ1) is 14.7. The largest absolute Gasteiger partial charge is 0.366 e. The van der Waals surface area contributed by atoms with Crippen LogP contribution in [-0.4, -0.2) is 62.2 Å². The Morgan fingerprint density at radius 1 is 1.00 bits per heavy atom. The number of halogens is 1. The normalized spacial score (nSPS) is 17.9. The molecule has 0 radical (unpaired) electrons. The molecule has 160 valence electrons. The van der Waals surface area contributed by atoms with E-state index in [0.717, 1.165) is 51.0 Å². The van der Waals surface area contributed by atoms with E-state index in [-0.39, 0.29) is 5.82 Å². The second-order valence-electron chi connectivity index (χ2n) is 7.90. The summed E-state index contributed by atoms with van der Waals surface area (Å²) in [5, 5.41) is 3.49. The number of rotatable bonds is 4. The molecule has 30 heavy (non-hydrogen) atoms. The van der Waals surface area contributed by atoms with Crippen LogP contribution in [0, 0.1) is 5.82 Å². The second-order valence-corrected chi connectivity index (χ2v) is 7.90. The van der Waals surface area contributed by atoms with Crippen molar-refractivity contribution < 1.29 is 4.39 Å². The fourth-order valence-electron chi connectivity index (χ4n) is 4.25. The predicted molar refractivity (Wildman–Crippen MR) is 121 cm³/mol. The van der Waals surface area contributed by atoms with Crippen molar-refractivity contribution in [3.8, 4) is 0 Å². The lowest BCUT2D eigenvalue weighted by atomic mass is 10.1. The Balaban J connectivity index is 1.32. The monoisotopic (exact) mass is 410 g/mol. The molecule has 0 unspecified atom stereocenters. The minimum atomic E-state index is -0.157. The first-order valence-corrected chi connectivity index (χ1v) is 10.9. The van der Waals surface area contributed by atoms with Crippen LogP contribution < -0.4 is 15.1 Å². The van der Waals surface area contributed by atoms with Crippen LogP contribution in [0.3, 0.4) is 0 Å². The topological polar surface area (TPSA) is 47.0 Å². The Hall–Kier alpha value is -2.83. The number of para-hydroxylation sites is 1. The zero-order chi connectivity index (χ0) is 20.8. The van der Waals surface area contributed by atoms with Crippen LogP contribution in [0.1, 0.15) is 24.8 Å². The highest BCUT2D eigenvalue weighted by Crippen LogP contribution is 2.21. The van der Waals surface area contributed by atoms with E-state index < -0.39 is 0 Å². The lowest BCUT2D eigenvalue weighted by Gasteiger charge is -2.37. The van der Waals surface area contributed by atoms with E-state index in [1.54, 1.807) is 6.07 Å². The van der Waals surface area contributed by atoms with Crippen molar-refractivity contribution in [2.45, 2.75) is 25.8 Å². The zero-order valence-electron chi connectivity index (χ0n) is 17.7. The standard InChI is InChI=1S/C23H31FN6/c1-25-23(30-15-13-28(14-16-30)21-8-4-3-7-20(21)24)27-18-19-9-10-26-22(17-19)29-11-5-2-6-12-29/h3-4,7-10,17H,2,5-6,11-16,18H2,1H3,(H,25,27). The van der Waals surface area contributed by atoms with Gasteiger partial charge in [0.15, 0.2) is 5.96 Å². The molecule has 1 aromatic heterocycles. The molecular formula is C23H31FN6. The van der Waals surface area contributed by atoms with Crippen molar-refractivity contribution in [1.29, 1.82) is 0 Å². The Bertz CT molecular complexity index is 856. The molecule has 2 aliphatic heterocycles. The van der Waals surface area contributed by atoms with Crippen LogP contribution >= 0.6 is 0 Å². The number of anilines is 2. The molecule has 2 aliphatic rings. The third-order valence-corrected chi connectivity index (χ3v) is 5.92. The molecule has 4 rings (SSSR count). The summed E-state index contributed by atoms with van der Waals surface area (Å²) in [6.45, 7) is 6.07. The number of piperidine rings is 1. The van der Waals surface area contributed by atoms with Crippen LogP contribution in [0.2, 0.25) is 0 Å². The maximum atomic E-state index is 14.1. The molecule has 7 heteroatoms. The number of aromatic nitrogens is 1. The fourth-order valence-corrected chi connectivity index (χ4v) is 4.25. The Kier molecular flexibility index (Phi) is 6.67. The molecule has 0 bridgehead atoms. The van der Waals surface area contributed by atoms with Gasteiger partial charge in [-0.1, -0.05) is 12.1 Å². The quantitative estimate of drug-likeness (QED) is 0.620. The minimum absolute atomic E-state index is 0.157. The summed E-state index contributed by atoms with van der Waals surface area (Å²) in [6, 6.07) is 11.2. The highest BCUT2D eigenvalue weighted by atomic mass is 19.1. The van der Waals surface area contributed by atoms with Gasteiger partial charge in [-0.15, -0.1) is 0 Å². The number of piperazine rings is 1. The van der Waals surface area contributed by atoms with Crippen LogP contribution in [0.4, 0.5) is 15.9 Å². The van der Waals surface area contributed by atoms with Crippen molar-refractivity contribution in [3.63, 3.8) is 0 Å². The summed E-state index contributed by atoms with van der Waals surface area (Å²) in [4.78, 5) is 15.8. The van der Waals surface area contributed by atoms with Gasteiger partial charge in [-0.25, -0.2) is 9.37 Å². The first kappa shape index (κ1) is 20.4. The highest BCUT2D eigenvalue weighted by molar-refractivity contribution is 5.80. The molecule has 0 amide bonds. The number of hydrogen-bond donors (Lipinski definition) is 1. The Morgan fingerprint density at radius 2 is 1.77 bits per heavy atom. The lowest BCUT2D eigenvalue weighted by Crippen LogP contribution is -2.52. The molecule has 0 atom stereocenters. The van der Waals surface area contributed by atoms with Gasteiger partial charge in [0.2, 0.25) is 0 Å². The molecule has 3 heterocycles. The zero-order valence-corrected chi connectivity index (χ0v) is 17.7. The van der Waals surface area contributed by atoms with Gasteiger partial charge in [0.25, 0.3) is 0 Å². The summed E-state index contributed by atoms with van der Waals surface area (Å²) in [6.07, 6.45) is 5.71. The van der Waals surface area contributed by atoms with E-state index in [1.165, 1.54) is 30.9 Å². The number of guanidine groups is 1. The molecule has 2 saturated heterocycles. The third-order valence-electron chi connectivity index (χ3n) is 5.92. The molecule has 0 aliphatic carbocycles. The van der Waals surface area contributed by atoms with Gasteiger partial charge in [0.05, 0.1) is 5.69 Å². The van der Waals surface area contributed by atoms with Crippen molar-refractivity contribution in [2.75, 3.05) is 56.1 Å². The molecular weight excluding hydrogens is 379 g/mol. The average molecular weight is 411 g/mol. The molecule has 1 N–H and O–H groups in total. The number of hydrogen-bond acceptors (Lipinski definition) is 4. The van der Waals surface area contributed by atoms with Gasteiger partial charge in [-0.05, 0) is 49.1 Å². The fraction of sp³-hybridized carbons (Fsp3) is 0.478. The Morgan fingerprint density at radius 3 is 2.50 bits per heavy atom. The van der Waals surface area contributed by atoms with E-state index in [4.69, 9.17) is 0 Å². The number of nitrogens with zero attached hydrogens (tertiary/aromatic N) is 5. The van der Waals surface area contributed by atoms with Crippen molar-refractivity contribution in [1.82, 2.24) is 15.2 Å². The molecule has 0 spiro atoms. The molecule has 1 aromatic carbocycles. The molecule has 0 saturated carbocycles. The summed E-state index contributed by atoms with van der Waals surface area (Å²) < 4.78 is 14.1. The van der Waals surface area contributed by atoms with E-state index >= 15 is 0 Å². The average Bonchev–Trinajstić information content (AvgIpc) is 2.81. The minimum Gasteiger partial charge on any atom is -0.366 e. The van der Waals surface area contributed by atoms with Crippen molar-refractivity contribution in [2.24, 2.45) is 4.99 Å². The van der Waals surface area contributed by atoms with Gasteiger partial charge >= 0.3 is 0 Å². The second kappa shape index (κ2) is 9.78. The van der Waals surface area contributed by atoms with Gasteiger partial charge < -0.3 is 20.0 Å². The lowest BCUT2D eigenvalue weighted by molar-refractivity contribution is 0.370. The SMILES string of the molecule is CN=C(NCc1ccnc(N2CCCCC2)c1)N1CCN(c2ccccc2F)CC1. The highest BCUT2D eigenvalue weighted by Gasteiger charge is 2.21. The smallest absolute Gasteiger partial charge is 0.194 e. The molecule has 2 fully saturated rings.